The number of nitrogens with zero attached hydrogens (tertiary/aromatic N) is 2. The summed E-state index contributed by atoms with van der Waals surface area (Å²) in [4.78, 5) is 46.4. The molecule has 9 nitrogen and oxygen atoms in total. The van der Waals surface area contributed by atoms with Crippen LogP contribution < -0.4 is 10.9 Å². The van der Waals surface area contributed by atoms with Crippen LogP contribution in [0.2, 0.25) is 0 Å². The second kappa shape index (κ2) is 8.06. The predicted molar refractivity (Wildman–Crippen MR) is 91.7 cm³/mol. The standard InChI is InChI=1S/C17H17N3O6/c1-11(12-6-4-3-5-7-12)18-15(21)10-19-9-13(20(24)25)8-14(16(19)22)17(23)26-2/h3-9,11H,10H2,1-2H3,(H,18,21). The number of methoxy groups -OCH3 is 1. The van der Waals surface area contributed by atoms with Gasteiger partial charge in [-0.25, -0.2) is 4.79 Å². The summed E-state index contributed by atoms with van der Waals surface area (Å²) in [6.07, 6.45) is 0.918. The van der Waals surface area contributed by atoms with E-state index in [-0.39, 0.29) is 6.04 Å². The van der Waals surface area contributed by atoms with Gasteiger partial charge in [-0.3, -0.25) is 24.3 Å². The maximum Gasteiger partial charge on any atom is 0.343 e. The average molecular weight is 359 g/mol. The topological polar surface area (TPSA) is 121 Å². The predicted octanol–water partition coefficient (Wildman–Crippen LogP) is 1.42. The number of hydrogen-bond donors (Lipinski definition) is 1. The molecule has 0 spiro atoms. The van der Waals surface area contributed by atoms with Gasteiger partial charge in [0.2, 0.25) is 5.91 Å². The molecule has 136 valence electrons. The molecule has 0 aliphatic rings. The molecule has 1 aromatic carbocycles. The number of aromatic nitrogens is 1. The van der Waals surface area contributed by atoms with Gasteiger partial charge in [0, 0.05) is 6.07 Å². The Balaban J connectivity index is 2.26. The molecule has 1 aromatic heterocycles. The number of hydrogen-bond acceptors (Lipinski definition) is 6. The number of esters is 1. The summed E-state index contributed by atoms with van der Waals surface area (Å²) in [5, 5.41) is 13.7. The molecule has 0 fully saturated rings. The molecule has 1 atom stereocenters. The number of nitro groups is 1. The molecule has 0 saturated heterocycles. The second-order valence-corrected chi connectivity index (χ2v) is 5.49. The number of rotatable bonds is 6. The first-order chi connectivity index (χ1) is 12.3. The molecular formula is C17H17N3O6. The van der Waals surface area contributed by atoms with Crippen LogP contribution in [0.15, 0.2) is 47.4 Å². The highest BCUT2D eigenvalue weighted by Gasteiger charge is 2.21. The SMILES string of the molecule is COC(=O)c1cc([N+](=O)[O-])cn(CC(=O)NC(C)c2ccccc2)c1=O. The van der Waals surface area contributed by atoms with E-state index in [9.17, 15) is 24.5 Å². The summed E-state index contributed by atoms with van der Waals surface area (Å²) in [6.45, 7) is 1.30. The average Bonchev–Trinajstić information content (AvgIpc) is 2.63. The summed E-state index contributed by atoms with van der Waals surface area (Å²) in [5.74, 6) is -1.54. The van der Waals surface area contributed by atoms with Crippen molar-refractivity contribution in [3.8, 4) is 0 Å². The zero-order valence-corrected chi connectivity index (χ0v) is 14.2. The van der Waals surface area contributed by atoms with Gasteiger partial charge in [0.25, 0.3) is 11.2 Å². The third-order valence-corrected chi connectivity index (χ3v) is 3.68. The number of nitrogens with one attached hydrogen (secondary N) is 1. The van der Waals surface area contributed by atoms with Gasteiger partial charge in [0.1, 0.15) is 12.1 Å². The van der Waals surface area contributed by atoms with E-state index in [1.165, 1.54) is 0 Å². The van der Waals surface area contributed by atoms with Crippen molar-refractivity contribution >= 4 is 17.6 Å². The lowest BCUT2D eigenvalue weighted by atomic mass is 10.1. The van der Waals surface area contributed by atoms with Crippen LogP contribution in [0.5, 0.6) is 0 Å². The molecule has 1 amide bonds. The fourth-order valence-electron chi connectivity index (χ4n) is 2.36. The van der Waals surface area contributed by atoms with Gasteiger partial charge in [-0.15, -0.1) is 0 Å². The lowest BCUT2D eigenvalue weighted by Gasteiger charge is -2.15. The Hall–Kier alpha value is -3.49. The Morgan fingerprint density at radius 3 is 2.54 bits per heavy atom. The summed E-state index contributed by atoms with van der Waals surface area (Å²) in [5.41, 5.74) is -0.980. The van der Waals surface area contributed by atoms with Crippen LogP contribution in [0.4, 0.5) is 5.69 Å². The molecule has 1 unspecified atom stereocenters. The van der Waals surface area contributed by atoms with E-state index in [1.807, 2.05) is 30.3 Å². The van der Waals surface area contributed by atoms with Crippen molar-refractivity contribution < 1.29 is 19.2 Å². The van der Waals surface area contributed by atoms with E-state index in [0.717, 1.165) is 29.5 Å². The van der Waals surface area contributed by atoms with Gasteiger partial charge < -0.3 is 10.1 Å². The lowest BCUT2D eigenvalue weighted by molar-refractivity contribution is -0.385. The Morgan fingerprint density at radius 2 is 1.96 bits per heavy atom. The minimum absolute atomic E-state index is 0.321. The van der Waals surface area contributed by atoms with Gasteiger partial charge in [-0.2, -0.15) is 0 Å². The van der Waals surface area contributed by atoms with Gasteiger partial charge in [-0.1, -0.05) is 30.3 Å². The van der Waals surface area contributed by atoms with Crippen molar-refractivity contribution in [2.45, 2.75) is 19.5 Å². The minimum atomic E-state index is -1.01. The van der Waals surface area contributed by atoms with Crippen molar-refractivity contribution in [3.05, 3.63) is 74.2 Å². The van der Waals surface area contributed by atoms with Gasteiger partial charge in [0.05, 0.1) is 24.3 Å². The monoisotopic (exact) mass is 359 g/mol. The Bertz CT molecular complexity index is 891. The fourth-order valence-corrected chi connectivity index (χ4v) is 2.36. The molecule has 2 rings (SSSR count). The largest absolute Gasteiger partial charge is 0.465 e. The Kier molecular flexibility index (Phi) is 5.84. The molecule has 0 radical (unpaired) electrons. The molecular weight excluding hydrogens is 342 g/mol. The van der Waals surface area contributed by atoms with E-state index in [2.05, 4.69) is 10.1 Å². The van der Waals surface area contributed by atoms with Crippen molar-refractivity contribution in [2.75, 3.05) is 7.11 Å². The first-order valence-corrected chi connectivity index (χ1v) is 7.65. The molecule has 0 bridgehead atoms. The molecule has 26 heavy (non-hydrogen) atoms. The summed E-state index contributed by atoms with van der Waals surface area (Å²) < 4.78 is 5.28. The van der Waals surface area contributed by atoms with Gasteiger partial charge in [0.15, 0.2) is 0 Å². The van der Waals surface area contributed by atoms with E-state index >= 15 is 0 Å². The Morgan fingerprint density at radius 1 is 1.31 bits per heavy atom. The maximum atomic E-state index is 12.3. The first kappa shape index (κ1) is 18.8. The number of amides is 1. The maximum absolute atomic E-state index is 12.3. The van der Waals surface area contributed by atoms with Gasteiger partial charge >= 0.3 is 5.97 Å². The number of pyridine rings is 1. The second-order valence-electron chi connectivity index (χ2n) is 5.49. The van der Waals surface area contributed by atoms with Crippen molar-refractivity contribution in [1.29, 1.82) is 0 Å². The van der Waals surface area contributed by atoms with Crippen molar-refractivity contribution in [2.24, 2.45) is 0 Å². The van der Waals surface area contributed by atoms with Crippen LogP contribution in [0.25, 0.3) is 0 Å². The number of ether oxygens (including phenoxy) is 1. The molecule has 0 saturated carbocycles. The quantitative estimate of drug-likeness (QED) is 0.473. The third kappa shape index (κ3) is 4.32. The van der Waals surface area contributed by atoms with E-state index in [4.69, 9.17) is 0 Å². The third-order valence-electron chi connectivity index (χ3n) is 3.68. The molecule has 9 heteroatoms. The van der Waals surface area contributed by atoms with Crippen LogP contribution in [-0.2, 0) is 16.1 Å². The van der Waals surface area contributed by atoms with E-state index in [1.54, 1.807) is 6.92 Å². The molecule has 2 aromatic rings. The number of carbonyl (C=O) groups is 2. The number of benzene rings is 1. The van der Waals surface area contributed by atoms with E-state index in [0.29, 0.717) is 0 Å². The Labute approximate surface area is 148 Å². The summed E-state index contributed by atoms with van der Waals surface area (Å²) >= 11 is 0. The van der Waals surface area contributed by atoms with E-state index < -0.39 is 40.2 Å². The van der Waals surface area contributed by atoms with Crippen LogP contribution in [0.1, 0.15) is 28.9 Å². The molecule has 1 heterocycles. The van der Waals surface area contributed by atoms with Crippen LogP contribution in [0, 0.1) is 10.1 Å². The first-order valence-electron chi connectivity index (χ1n) is 7.65. The molecule has 0 aliphatic heterocycles. The highest BCUT2D eigenvalue weighted by Crippen LogP contribution is 2.13. The molecule has 1 N–H and O–H groups in total. The summed E-state index contributed by atoms with van der Waals surface area (Å²) in [7, 11) is 1.05. The zero-order valence-electron chi connectivity index (χ0n) is 14.2. The highest BCUT2D eigenvalue weighted by atomic mass is 16.6. The highest BCUT2D eigenvalue weighted by molar-refractivity contribution is 5.89. The van der Waals surface area contributed by atoms with Crippen molar-refractivity contribution in [1.82, 2.24) is 9.88 Å². The van der Waals surface area contributed by atoms with Crippen LogP contribution in [-0.4, -0.2) is 28.5 Å². The smallest absolute Gasteiger partial charge is 0.343 e. The molecule has 0 aliphatic carbocycles. The van der Waals surface area contributed by atoms with Gasteiger partial charge in [-0.05, 0) is 12.5 Å². The summed E-state index contributed by atoms with van der Waals surface area (Å²) in [6, 6.07) is 9.67. The van der Waals surface area contributed by atoms with Crippen LogP contribution >= 0.6 is 0 Å². The fraction of sp³-hybridized carbons (Fsp3) is 0.235. The van der Waals surface area contributed by atoms with Crippen molar-refractivity contribution in [3.63, 3.8) is 0 Å². The van der Waals surface area contributed by atoms with Crippen LogP contribution in [0.3, 0.4) is 0 Å². The number of carbonyl (C=O) groups excluding carboxylic acids is 2. The lowest BCUT2D eigenvalue weighted by Crippen LogP contribution is -2.35. The normalized spacial score (nSPS) is 11.5. The minimum Gasteiger partial charge on any atom is -0.465 e. The zero-order chi connectivity index (χ0) is 19.3.